The van der Waals surface area contributed by atoms with Crippen LogP contribution in [0.2, 0.25) is 0 Å². The summed E-state index contributed by atoms with van der Waals surface area (Å²) in [6, 6.07) is 0.0836. The van der Waals surface area contributed by atoms with Crippen LogP contribution >= 0.6 is 22.6 Å². The van der Waals surface area contributed by atoms with Gasteiger partial charge < -0.3 is 18.9 Å². The predicted octanol–water partition coefficient (Wildman–Crippen LogP) is 2.32. The van der Waals surface area contributed by atoms with E-state index in [1.165, 1.54) is 0 Å². The lowest BCUT2D eigenvalue weighted by Gasteiger charge is -2.36. The molecule has 0 saturated carbocycles. The highest BCUT2D eigenvalue weighted by Gasteiger charge is 2.50. The summed E-state index contributed by atoms with van der Waals surface area (Å²) in [7, 11) is 0. The van der Waals surface area contributed by atoms with E-state index < -0.39 is 0 Å². The monoisotopic (exact) mass is 444 g/mol. The number of ether oxygens (including phenoxy) is 2. The zero-order valence-corrected chi connectivity index (χ0v) is 16.0. The first kappa shape index (κ1) is 16.4. The second kappa shape index (κ2) is 6.01. The number of carbonyl (C=O) groups is 1. The standard InChI is InChI=1S/C17H21IN2O4/c1-3-4-7-23-15-13-16(22)19-8-9(2)24-17(19)11-6-5-10(20(11)13)12(18)14(15)21/h9,11,17H,3-8H2,1-2H3/t9-,11?,17?/m0/s1. The normalized spacial score (nSPS) is 27.4. The highest BCUT2D eigenvalue weighted by Crippen LogP contribution is 2.43. The van der Waals surface area contributed by atoms with Gasteiger partial charge in [0.2, 0.25) is 5.43 Å². The van der Waals surface area contributed by atoms with Gasteiger partial charge in [0.15, 0.2) is 17.7 Å². The average Bonchev–Trinajstić information content (AvgIpc) is 3.15. The number of amides is 1. The maximum Gasteiger partial charge on any atom is 0.276 e. The fourth-order valence-corrected chi connectivity index (χ4v) is 4.76. The van der Waals surface area contributed by atoms with Crippen molar-refractivity contribution in [1.29, 1.82) is 0 Å². The Labute approximate surface area is 154 Å². The summed E-state index contributed by atoms with van der Waals surface area (Å²) >= 11 is 2.10. The Hall–Kier alpha value is -1.09. The number of rotatable bonds is 4. The molecule has 1 saturated heterocycles. The first-order valence-corrected chi connectivity index (χ1v) is 9.68. The van der Waals surface area contributed by atoms with Gasteiger partial charge in [-0.2, -0.15) is 0 Å². The molecule has 1 fully saturated rings. The Bertz CT molecular complexity index is 760. The lowest BCUT2D eigenvalue weighted by atomic mass is 10.1. The van der Waals surface area contributed by atoms with Crippen molar-refractivity contribution in [2.24, 2.45) is 0 Å². The lowest BCUT2D eigenvalue weighted by molar-refractivity contribution is -0.0309. The molecule has 2 unspecified atom stereocenters. The van der Waals surface area contributed by atoms with Crippen molar-refractivity contribution in [1.82, 2.24) is 9.47 Å². The van der Waals surface area contributed by atoms with Crippen LogP contribution in [0.1, 0.15) is 55.3 Å². The Kier molecular flexibility index (Phi) is 4.11. The lowest BCUT2D eigenvalue weighted by Crippen LogP contribution is -2.48. The van der Waals surface area contributed by atoms with Crippen molar-refractivity contribution in [3.05, 3.63) is 25.2 Å². The Morgan fingerprint density at radius 1 is 1.38 bits per heavy atom. The summed E-state index contributed by atoms with van der Waals surface area (Å²) in [5.74, 6) is 0.0928. The number of carbonyl (C=O) groups excluding carboxylic acids is 1. The number of halogens is 1. The van der Waals surface area contributed by atoms with Crippen molar-refractivity contribution in [2.75, 3.05) is 13.2 Å². The molecule has 0 N–H and O–H groups in total. The second-order valence-corrected chi connectivity index (χ2v) is 7.82. The van der Waals surface area contributed by atoms with Crippen LogP contribution in [0, 0.1) is 3.57 Å². The molecule has 0 radical (unpaired) electrons. The van der Waals surface area contributed by atoms with E-state index in [1.807, 2.05) is 11.5 Å². The molecule has 3 atom stereocenters. The summed E-state index contributed by atoms with van der Waals surface area (Å²) in [6.07, 6.45) is 3.34. The minimum absolute atomic E-state index is 0.0214. The molecule has 0 aliphatic carbocycles. The van der Waals surface area contributed by atoms with Gasteiger partial charge in [-0.1, -0.05) is 13.3 Å². The van der Waals surface area contributed by atoms with E-state index in [-0.39, 0.29) is 35.5 Å². The van der Waals surface area contributed by atoms with Gasteiger partial charge in [-0.3, -0.25) is 9.59 Å². The summed E-state index contributed by atoms with van der Waals surface area (Å²) in [5.41, 5.74) is 1.25. The second-order valence-electron chi connectivity index (χ2n) is 6.74. The van der Waals surface area contributed by atoms with Crippen molar-refractivity contribution < 1.29 is 14.3 Å². The van der Waals surface area contributed by atoms with E-state index >= 15 is 0 Å². The number of unbranched alkanes of at least 4 members (excludes halogenated alkanes) is 1. The summed E-state index contributed by atoms with van der Waals surface area (Å²) in [5, 5.41) is 0. The van der Waals surface area contributed by atoms with E-state index in [4.69, 9.17) is 9.47 Å². The fourth-order valence-electron chi connectivity index (χ4n) is 3.99. The molecular weight excluding hydrogens is 423 g/mol. The smallest absolute Gasteiger partial charge is 0.276 e. The molecule has 1 amide bonds. The van der Waals surface area contributed by atoms with Gasteiger partial charge in [-0.25, -0.2) is 0 Å². The van der Waals surface area contributed by atoms with Gasteiger partial charge in [0.1, 0.15) is 0 Å². The number of fused-ring (bicyclic) bond motifs is 2. The minimum Gasteiger partial charge on any atom is -0.487 e. The molecule has 24 heavy (non-hydrogen) atoms. The number of pyridine rings is 1. The third kappa shape index (κ3) is 2.23. The van der Waals surface area contributed by atoms with Crippen molar-refractivity contribution in [2.45, 2.75) is 57.9 Å². The molecule has 6 nitrogen and oxygen atoms in total. The largest absolute Gasteiger partial charge is 0.487 e. The van der Waals surface area contributed by atoms with E-state index in [9.17, 15) is 9.59 Å². The predicted molar refractivity (Wildman–Crippen MR) is 96.6 cm³/mol. The molecule has 3 aliphatic heterocycles. The van der Waals surface area contributed by atoms with Gasteiger partial charge in [-0.15, -0.1) is 0 Å². The van der Waals surface area contributed by atoms with Crippen LogP contribution in [0.5, 0.6) is 5.75 Å². The third-order valence-electron chi connectivity index (χ3n) is 5.08. The van der Waals surface area contributed by atoms with Crippen LogP contribution < -0.4 is 10.2 Å². The Morgan fingerprint density at radius 3 is 2.92 bits per heavy atom. The van der Waals surface area contributed by atoms with Crippen molar-refractivity contribution in [3.8, 4) is 5.75 Å². The van der Waals surface area contributed by atoms with E-state index in [0.29, 0.717) is 22.4 Å². The molecular formula is C17H21IN2O4. The van der Waals surface area contributed by atoms with Crippen molar-refractivity contribution in [3.63, 3.8) is 0 Å². The van der Waals surface area contributed by atoms with Crippen LogP contribution in [0.3, 0.4) is 0 Å². The van der Waals surface area contributed by atoms with E-state index in [1.54, 1.807) is 4.90 Å². The summed E-state index contributed by atoms with van der Waals surface area (Å²) < 4.78 is 14.5. The summed E-state index contributed by atoms with van der Waals surface area (Å²) in [6.45, 7) is 5.09. The molecule has 7 heteroatoms. The molecule has 1 aromatic rings. The van der Waals surface area contributed by atoms with Crippen LogP contribution in [0.15, 0.2) is 4.79 Å². The first-order valence-electron chi connectivity index (χ1n) is 8.60. The van der Waals surface area contributed by atoms with Crippen LogP contribution in [0.4, 0.5) is 0 Å². The Balaban J connectivity index is 1.87. The number of nitrogens with zero attached hydrogens (tertiary/aromatic N) is 2. The average molecular weight is 444 g/mol. The zero-order chi connectivity index (χ0) is 17.0. The number of hydrogen-bond donors (Lipinski definition) is 0. The Morgan fingerprint density at radius 2 is 2.17 bits per heavy atom. The molecule has 0 bridgehead atoms. The SMILES string of the molecule is CCCCOc1c2n3c(c(I)c1=O)CCC3C1O[C@@H](C)CN1C2=O. The van der Waals surface area contributed by atoms with Gasteiger partial charge in [0.05, 0.1) is 22.3 Å². The molecule has 130 valence electrons. The fraction of sp³-hybridized carbons (Fsp3) is 0.647. The molecule has 1 aromatic heterocycles. The van der Waals surface area contributed by atoms with Gasteiger partial charge >= 0.3 is 0 Å². The highest BCUT2D eigenvalue weighted by atomic mass is 127. The molecule has 0 aromatic carbocycles. The van der Waals surface area contributed by atoms with Crippen LogP contribution in [-0.4, -0.2) is 40.9 Å². The van der Waals surface area contributed by atoms with Crippen LogP contribution in [0.25, 0.3) is 0 Å². The number of aromatic nitrogens is 1. The van der Waals surface area contributed by atoms with Gasteiger partial charge in [0, 0.05) is 12.2 Å². The van der Waals surface area contributed by atoms with E-state index in [0.717, 1.165) is 31.4 Å². The summed E-state index contributed by atoms with van der Waals surface area (Å²) in [4.78, 5) is 27.7. The van der Waals surface area contributed by atoms with Crippen LogP contribution in [-0.2, 0) is 11.2 Å². The third-order valence-corrected chi connectivity index (χ3v) is 6.20. The van der Waals surface area contributed by atoms with E-state index in [2.05, 4.69) is 29.5 Å². The van der Waals surface area contributed by atoms with Crippen molar-refractivity contribution >= 4 is 28.5 Å². The molecule has 0 spiro atoms. The first-order chi connectivity index (χ1) is 11.5. The maximum absolute atomic E-state index is 13.1. The minimum atomic E-state index is -0.219. The number of hydrogen-bond acceptors (Lipinski definition) is 4. The maximum atomic E-state index is 13.1. The van der Waals surface area contributed by atoms with Gasteiger partial charge in [-0.05, 0) is 48.8 Å². The highest BCUT2D eigenvalue weighted by molar-refractivity contribution is 14.1. The molecule has 3 aliphatic rings. The molecule has 4 heterocycles. The topological polar surface area (TPSA) is 60.8 Å². The zero-order valence-electron chi connectivity index (χ0n) is 13.9. The molecule has 4 rings (SSSR count). The van der Waals surface area contributed by atoms with Gasteiger partial charge in [0.25, 0.3) is 5.91 Å². The quantitative estimate of drug-likeness (QED) is 0.529.